The van der Waals surface area contributed by atoms with E-state index in [1.807, 2.05) is 152 Å². The Bertz CT molecular complexity index is 5240. The maximum Gasteiger partial charge on any atom is 0.408 e. The average Bonchev–Trinajstić information content (AvgIpc) is 1.60. The molecule has 19 rings (SSSR count). The van der Waals surface area contributed by atoms with Crippen LogP contribution in [0.25, 0.3) is 33.1 Å². The van der Waals surface area contributed by atoms with E-state index in [0.29, 0.717) is 77.1 Å². The second-order valence-electron chi connectivity index (χ2n) is 44.1. The van der Waals surface area contributed by atoms with Gasteiger partial charge in [-0.15, -0.1) is 0 Å². The standard InChI is InChI=1S/C35H45N4O6.C35H47N4O6.C33H43N4O6.3V/c1-19-28(18-40)39-17-30(19)44-32-26(36-25-13-12-22(16-27(25)37-32)43-21-10-11-21)9-7-5-6-8-23-24-14-20(24)15-29(23)45-34(42)38-31(33(39)41)35(2,3)4;1-21-28(20-40)39-19-29(21)44-31-26(36-25-16-15-24(18-27(25)37-31)43-23-13-14-23)12-8-6-7-10-22-11-9-17-35(22,5)45-33(42)38-30(32(39)41)34(2,3)4;1-19-26(18-38)37-17-27(19)42-29-24(34-23-14-13-22(15-25(23)35-29)41-21-11-12-21)10-8-6-7-9-20-16-33(20,5)43-31(40)36-28(30(37)39)32(2,3)4;;;/h12-13,16,19-21,23-24,28-31H,5-11,14-15,17H2,1-4H3,(H,38,42);15-16,18,21-23,28-30H,6-14,17,19H2,1-5H3,(H,38,42);13-15,19-21,26-28H,6-12,16-17H2,1-5H3,(H,36,40);;;/q3*-1;;;/t19-,20?,23+,24?,28+,29+,30-,31+;21-,22+,28+,29-,30+,35+;19-,20+,26+,27-,28+,33+;;;/m000.../s1. The van der Waals surface area contributed by atoms with Crippen molar-refractivity contribution in [2.45, 2.75) is 360 Å². The number of ether oxygens (including phenoxy) is 9. The SMILES string of the molecule is C[C@@H]1[C@@H]2CN(C(=O)[C@H](C(C)(C)C)NC(=O)O[C@@H]3CC4CC4[C@H]3CCCCCc3nc4ccc(OC5CC5)cc4nc3O2)[C@@H]1[C-]=O.C[C@@H]1[C@@H]2CN(C(=O)[C@H](C(C)(C)C)NC(=O)O[C@]3(C)CCC[C@H]3CCCCCc3nc4ccc(OC5CC5)cc4nc3O2)[C@@H]1[C-]=O.C[C@@H]1[C@@H]2CN(C(=O)[C@H](C(C)(C)C)NC(=O)O[C@]3(C)C[C@H]3CCCCCc3nc4ccc(OC5CC5)cc4nc3O2)[C@@H]1[C-]=O.[V].[V].[V]. The number of fused-ring (bicyclic) bond motifs is 17. The number of carbonyl (C=O) groups is 6. The molecule has 6 amide bonds. The molecule has 3 radical (unpaired) electrons. The first kappa shape index (κ1) is 103. The van der Waals surface area contributed by atoms with Gasteiger partial charge < -0.3 is 87.7 Å². The van der Waals surface area contributed by atoms with Gasteiger partial charge in [0, 0.05) is 79.8 Å². The van der Waals surface area contributed by atoms with Gasteiger partial charge in [-0.3, -0.25) is 14.4 Å². The zero-order valence-corrected chi connectivity index (χ0v) is 85.4. The molecule has 7 aliphatic carbocycles. The maximum atomic E-state index is 14.1. The molecule has 3 saturated heterocycles. The summed E-state index contributed by atoms with van der Waals surface area (Å²) in [5, 5.41) is 8.63. The van der Waals surface area contributed by atoms with Gasteiger partial charge in [0.15, 0.2) is 0 Å². The number of hydrogen-bond acceptors (Lipinski definition) is 24. The van der Waals surface area contributed by atoms with Crippen LogP contribution in [0.15, 0.2) is 54.6 Å². The van der Waals surface area contributed by atoms with Crippen molar-refractivity contribution in [2.24, 2.45) is 63.6 Å². The molecule has 9 heterocycles. The van der Waals surface area contributed by atoms with E-state index in [-0.39, 0.29) is 141 Å². The second kappa shape index (κ2) is 42.5. The van der Waals surface area contributed by atoms with Crippen molar-refractivity contribution in [3.05, 3.63) is 71.7 Å². The topological polar surface area (TPSA) is 360 Å². The second-order valence-corrected chi connectivity index (χ2v) is 44.1. The Hall–Kier alpha value is -8.54. The molecule has 6 bridgehead atoms. The van der Waals surface area contributed by atoms with Crippen LogP contribution >= 0.6 is 0 Å². The Morgan fingerprint density at radius 3 is 1.09 bits per heavy atom. The molecule has 6 aromatic rings. The summed E-state index contributed by atoms with van der Waals surface area (Å²) in [6.07, 6.45) is 29.6. The molecule has 733 valence electrons. The quantitative estimate of drug-likeness (QED) is 0.0894. The van der Waals surface area contributed by atoms with E-state index in [2.05, 4.69) is 34.8 Å². The molecule has 6 aliphatic heterocycles. The minimum absolute atomic E-state index is 0. The molecule has 20 atom stereocenters. The van der Waals surface area contributed by atoms with Gasteiger partial charge in [-0.05, 0) is 243 Å². The summed E-state index contributed by atoms with van der Waals surface area (Å²) in [4.78, 5) is 153. The van der Waals surface area contributed by atoms with E-state index < -0.39 is 100 Å². The number of amides is 6. The number of alkyl carbamates (subject to hydrolysis) is 3. The van der Waals surface area contributed by atoms with Crippen molar-refractivity contribution < 1.29 is 141 Å². The average molecular weight is 1980 g/mol. The van der Waals surface area contributed by atoms with E-state index in [1.54, 1.807) is 0 Å². The van der Waals surface area contributed by atoms with Crippen LogP contribution in [-0.4, -0.2) is 209 Å². The smallest absolute Gasteiger partial charge is 0.408 e. The predicted octanol–water partition coefficient (Wildman–Crippen LogP) is 15.8. The molecule has 136 heavy (non-hydrogen) atoms. The maximum absolute atomic E-state index is 14.1. The molecule has 3 aromatic carbocycles. The van der Waals surface area contributed by atoms with Crippen LogP contribution in [0.3, 0.4) is 0 Å². The first-order valence-corrected chi connectivity index (χ1v) is 49.4. The van der Waals surface area contributed by atoms with Crippen LogP contribution in [0.5, 0.6) is 34.9 Å². The Morgan fingerprint density at radius 2 is 0.728 bits per heavy atom. The van der Waals surface area contributed by atoms with Crippen molar-refractivity contribution in [1.82, 2.24) is 60.6 Å². The Kier molecular flexibility index (Phi) is 32.3. The molecule has 30 nitrogen and oxygen atoms in total. The largest absolute Gasteiger partial charge is 0.540 e. The fraction of sp³-hybridized carbons (Fsp3) is 0.680. The summed E-state index contributed by atoms with van der Waals surface area (Å²) in [5.41, 5.74) is 3.71. The van der Waals surface area contributed by atoms with Gasteiger partial charge >= 0.3 is 18.3 Å². The third kappa shape index (κ3) is 23.9. The van der Waals surface area contributed by atoms with E-state index in [1.165, 1.54) is 21.1 Å². The number of aromatic nitrogens is 6. The van der Waals surface area contributed by atoms with Crippen molar-refractivity contribution >= 4 is 88.0 Å². The zero-order valence-electron chi connectivity index (χ0n) is 81.2. The van der Waals surface area contributed by atoms with Gasteiger partial charge in [0.05, 0.1) is 71.0 Å². The molecular weight excluding hydrogens is 1850 g/mol. The van der Waals surface area contributed by atoms with Crippen LogP contribution in [0.4, 0.5) is 14.4 Å². The van der Waals surface area contributed by atoms with Crippen LogP contribution in [0.2, 0.25) is 0 Å². The summed E-state index contributed by atoms with van der Waals surface area (Å²) in [5.74, 6) is 3.64. The van der Waals surface area contributed by atoms with Crippen molar-refractivity contribution in [1.29, 1.82) is 0 Å². The van der Waals surface area contributed by atoms with Crippen LogP contribution in [0.1, 0.15) is 268 Å². The van der Waals surface area contributed by atoms with Crippen LogP contribution in [-0.2, 0) is 118 Å². The number of carbonyl (C=O) groups excluding carboxylic acids is 9. The third-order valence-electron chi connectivity index (χ3n) is 30.3. The zero-order chi connectivity index (χ0) is 93.9. The van der Waals surface area contributed by atoms with Crippen molar-refractivity contribution in [2.75, 3.05) is 19.6 Å². The first-order valence-electron chi connectivity index (χ1n) is 49.4. The van der Waals surface area contributed by atoms with Gasteiger partial charge in [0.25, 0.3) is 0 Å². The fourth-order valence-electron chi connectivity index (χ4n) is 21.4. The summed E-state index contributed by atoms with van der Waals surface area (Å²) >= 11 is 0. The number of hydrogen-bond donors (Lipinski definition) is 3. The number of aryl methyl sites for hydroxylation is 3. The van der Waals surface area contributed by atoms with Gasteiger partial charge in [-0.25, -0.2) is 63.1 Å². The van der Waals surface area contributed by atoms with Gasteiger partial charge in [0.2, 0.25) is 35.4 Å². The Morgan fingerprint density at radius 1 is 0.382 bits per heavy atom. The molecule has 2 unspecified atom stereocenters. The van der Waals surface area contributed by atoms with E-state index >= 15 is 0 Å². The summed E-state index contributed by atoms with van der Waals surface area (Å²) in [7, 11) is 0. The number of nitrogens with one attached hydrogen (secondary N) is 3. The summed E-state index contributed by atoms with van der Waals surface area (Å²) < 4.78 is 55.7. The van der Waals surface area contributed by atoms with Crippen LogP contribution < -0.4 is 44.4 Å². The molecule has 3 N–H and O–H groups in total. The number of nitrogens with zero attached hydrogens (tertiary/aromatic N) is 9. The minimum atomic E-state index is -0.907. The fourth-order valence-corrected chi connectivity index (χ4v) is 21.4. The van der Waals surface area contributed by atoms with Gasteiger partial charge in [0.1, 0.15) is 88.1 Å². The number of benzene rings is 3. The molecule has 13 aliphatic rings. The summed E-state index contributed by atoms with van der Waals surface area (Å²) in [6.45, 7) is 27.2. The van der Waals surface area contributed by atoms with Crippen molar-refractivity contribution in [3.8, 4) is 34.9 Å². The Balaban J connectivity index is 0.000000162. The molecule has 10 fully saturated rings. The van der Waals surface area contributed by atoms with Crippen LogP contribution in [0, 0.1) is 63.6 Å². The minimum Gasteiger partial charge on any atom is -0.540 e. The van der Waals surface area contributed by atoms with Crippen molar-refractivity contribution in [3.63, 3.8) is 0 Å². The molecule has 7 saturated carbocycles. The van der Waals surface area contributed by atoms with E-state index in [9.17, 15) is 43.2 Å². The Labute approximate surface area is 834 Å². The monoisotopic (exact) mass is 1980 g/mol. The number of rotatable bonds is 9. The predicted molar refractivity (Wildman–Crippen MR) is 495 cm³/mol. The molecular formula is C103H135N12O18V3-3. The van der Waals surface area contributed by atoms with E-state index in [4.69, 9.17) is 72.5 Å². The van der Waals surface area contributed by atoms with Gasteiger partial charge in [-0.1, -0.05) is 140 Å². The first-order chi connectivity index (χ1) is 63.5. The summed E-state index contributed by atoms with van der Waals surface area (Å²) in [6, 6.07) is 12.2. The van der Waals surface area contributed by atoms with E-state index in [0.717, 1.165) is 199 Å². The molecule has 3 aromatic heterocycles. The third-order valence-corrected chi connectivity index (χ3v) is 30.3. The normalized spacial score (nSPS) is 31.8. The molecule has 33 heteroatoms. The molecule has 0 spiro atoms. The van der Waals surface area contributed by atoms with Gasteiger partial charge in [-0.2, -0.15) is 0 Å².